The maximum absolute atomic E-state index is 12.2. The van der Waals surface area contributed by atoms with E-state index in [9.17, 15) is 4.79 Å². The second kappa shape index (κ2) is 9.33. The quantitative estimate of drug-likeness (QED) is 0.361. The van der Waals surface area contributed by atoms with Crippen LogP contribution >= 0.6 is 0 Å². The Labute approximate surface area is 158 Å². The molecule has 1 aromatic heterocycles. The van der Waals surface area contributed by atoms with Crippen molar-refractivity contribution < 1.29 is 9.53 Å². The standard InChI is InChI=1S/C21H22N4O2/c1-2-3-13-27-20-12-8-7-11-17(20)18-14-19(24-23-18)21(26)25-22-15-16-9-5-4-6-10-16/h4-12,14-15H,2-3,13H2,1H3,(H,23,24)(H,25,26)/b22-15-. The molecule has 6 nitrogen and oxygen atoms in total. The number of H-pyrrole nitrogens is 1. The summed E-state index contributed by atoms with van der Waals surface area (Å²) in [6.45, 7) is 2.77. The maximum Gasteiger partial charge on any atom is 0.289 e. The third kappa shape index (κ3) is 5.04. The zero-order valence-electron chi connectivity index (χ0n) is 15.2. The number of unbranched alkanes of at least 4 members (excludes halogenated alkanes) is 1. The summed E-state index contributed by atoms with van der Waals surface area (Å²) >= 11 is 0. The number of nitrogens with one attached hydrogen (secondary N) is 2. The number of para-hydroxylation sites is 1. The Kier molecular flexibility index (Phi) is 6.35. The lowest BCUT2D eigenvalue weighted by Gasteiger charge is -2.09. The average Bonchev–Trinajstić information content (AvgIpc) is 3.19. The molecular formula is C21H22N4O2. The summed E-state index contributed by atoms with van der Waals surface area (Å²) in [6, 6.07) is 18.9. The first-order valence-corrected chi connectivity index (χ1v) is 8.94. The van der Waals surface area contributed by atoms with E-state index in [1.165, 1.54) is 0 Å². The lowest BCUT2D eigenvalue weighted by Crippen LogP contribution is -2.17. The van der Waals surface area contributed by atoms with Gasteiger partial charge in [-0.25, -0.2) is 5.43 Å². The normalized spacial score (nSPS) is 10.9. The Hall–Kier alpha value is -3.41. The number of hydrogen-bond donors (Lipinski definition) is 2. The van der Waals surface area contributed by atoms with Gasteiger partial charge in [0.25, 0.3) is 5.91 Å². The molecule has 3 rings (SSSR count). The molecule has 138 valence electrons. The Morgan fingerprint density at radius 3 is 2.78 bits per heavy atom. The summed E-state index contributed by atoms with van der Waals surface area (Å²) in [7, 11) is 0. The molecule has 6 heteroatoms. The number of amides is 1. The fraction of sp³-hybridized carbons (Fsp3) is 0.190. The number of aromatic amines is 1. The van der Waals surface area contributed by atoms with Crippen LogP contribution in [0, 0.1) is 0 Å². The number of aromatic nitrogens is 2. The highest BCUT2D eigenvalue weighted by Crippen LogP contribution is 2.28. The van der Waals surface area contributed by atoms with E-state index in [1.54, 1.807) is 12.3 Å². The number of ether oxygens (including phenoxy) is 1. The van der Waals surface area contributed by atoms with E-state index in [0.717, 1.165) is 29.7 Å². The van der Waals surface area contributed by atoms with E-state index in [1.807, 2.05) is 54.6 Å². The molecule has 0 fully saturated rings. The molecule has 27 heavy (non-hydrogen) atoms. The zero-order chi connectivity index (χ0) is 18.9. The van der Waals surface area contributed by atoms with Crippen molar-refractivity contribution in [2.45, 2.75) is 19.8 Å². The number of benzene rings is 2. The first kappa shape index (κ1) is 18.4. The minimum absolute atomic E-state index is 0.332. The van der Waals surface area contributed by atoms with Crippen LogP contribution in [-0.2, 0) is 0 Å². The van der Waals surface area contributed by atoms with Crippen LogP contribution in [-0.4, -0.2) is 28.9 Å². The lowest BCUT2D eigenvalue weighted by atomic mass is 10.1. The Morgan fingerprint density at radius 2 is 1.96 bits per heavy atom. The predicted octanol–water partition coefficient (Wildman–Crippen LogP) is 4.02. The Balaban J connectivity index is 1.68. The molecule has 1 amide bonds. The van der Waals surface area contributed by atoms with Crippen molar-refractivity contribution in [1.29, 1.82) is 0 Å². The van der Waals surface area contributed by atoms with Crippen LogP contribution < -0.4 is 10.2 Å². The molecule has 0 spiro atoms. The second-order valence-corrected chi connectivity index (χ2v) is 5.97. The molecule has 0 radical (unpaired) electrons. The summed E-state index contributed by atoms with van der Waals surface area (Å²) in [5.41, 5.74) is 5.23. The number of hydrazone groups is 1. The summed E-state index contributed by atoms with van der Waals surface area (Å²) in [4.78, 5) is 12.2. The molecule has 0 aliphatic heterocycles. The van der Waals surface area contributed by atoms with Gasteiger partial charge in [-0.3, -0.25) is 9.89 Å². The van der Waals surface area contributed by atoms with E-state index in [4.69, 9.17) is 4.74 Å². The molecule has 0 bridgehead atoms. The van der Waals surface area contributed by atoms with E-state index in [2.05, 4.69) is 27.6 Å². The van der Waals surface area contributed by atoms with Crippen molar-refractivity contribution >= 4 is 12.1 Å². The second-order valence-electron chi connectivity index (χ2n) is 5.97. The van der Waals surface area contributed by atoms with Crippen molar-refractivity contribution in [2.75, 3.05) is 6.61 Å². The molecule has 2 N–H and O–H groups in total. The molecule has 0 aliphatic carbocycles. The molecule has 0 aliphatic rings. The number of hydrogen-bond acceptors (Lipinski definition) is 4. The number of carbonyl (C=O) groups is 1. The van der Waals surface area contributed by atoms with Crippen LogP contribution in [0.3, 0.4) is 0 Å². The van der Waals surface area contributed by atoms with Crippen molar-refractivity contribution in [1.82, 2.24) is 15.6 Å². The van der Waals surface area contributed by atoms with E-state index >= 15 is 0 Å². The van der Waals surface area contributed by atoms with Gasteiger partial charge in [0.05, 0.1) is 18.5 Å². The van der Waals surface area contributed by atoms with Crippen LogP contribution in [0.2, 0.25) is 0 Å². The van der Waals surface area contributed by atoms with Crippen molar-refractivity contribution in [3.8, 4) is 17.0 Å². The van der Waals surface area contributed by atoms with Gasteiger partial charge >= 0.3 is 0 Å². The SMILES string of the molecule is CCCCOc1ccccc1-c1cc(C(=O)N/N=C\c2ccccc2)[nH]n1. The van der Waals surface area contributed by atoms with E-state index in [-0.39, 0.29) is 5.91 Å². The van der Waals surface area contributed by atoms with Gasteiger partial charge in [-0.2, -0.15) is 10.2 Å². The third-order valence-electron chi connectivity index (χ3n) is 3.92. The van der Waals surface area contributed by atoms with Crippen LogP contribution in [0.15, 0.2) is 65.8 Å². The Bertz CT molecular complexity index is 903. The van der Waals surface area contributed by atoms with E-state index < -0.39 is 0 Å². The molecule has 0 saturated heterocycles. The summed E-state index contributed by atoms with van der Waals surface area (Å²) in [5.74, 6) is 0.400. The first-order chi connectivity index (χ1) is 13.3. The van der Waals surface area contributed by atoms with Gasteiger partial charge in [0.15, 0.2) is 0 Å². The molecule has 0 saturated carbocycles. The van der Waals surface area contributed by atoms with Crippen LogP contribution in [0.25, 0.3) is 11.3 Å². The average molecular weight is 362 g/mol. The molecule has 1 heterocycles. The fourth-order valence-corrected chi connectivity index (χ4v) is 2.47. The number of nitrogens with zero attached hydrogens (tertiary/aromatic N) is 2. The van der Waals surface area contributed by atoms with Crippen LogP contribution in [0.5, 0.6) is 5.75 Å². The van der Waals surface area contributed by atoms with Gasteiger partial charge in [0.2, 0.25) is 0 Å². The van der Waals surface area contributed by atoms with Gasteiger partial charge in [-0.15, -0.1) is 0 Å². The molecule has 3 aromatic rings. The van der Waals surface area contributed by atoms with Crippen molar-refractivity contribution in [3.05, 3.63) is 71.9 Å². The van der Waals surface area contributed by atoms with Gasteiger partial charge in [0.1, 0.15) is 11.4 Å². The zero-order valence-corrected chi connectivity index (χ0v) is 15.2. The van der Waals surface area contributed by atoms with Crippen molar-refractivity contribution in [2.24, 2.45) is 5.10 Å². The molecule has 2 aromatic carbocycles. The lowest BCUT2D eigenvalue weighted by molar-refractivity contribution is 0.0950. The van der Waals surface area contributed by atoms with Crippen molar-refractivity contribution in [3.63, 3.8) is 0 Å². The monoisotopic (exact) mass is 362 g/mol. The highest BCUT2D eigenvalue weighted by atomic mass is 16.5. The smallest absolute Gasteiger partial charge is 0.289 e. The van der Waals surface area contributed by atoms with Gasteiger partial charge in [-0.1, -0.05) is 55.8 Å². The fourth-order valence-electron chi connectivity index (χ4n) is 2.47. The number of carbonyl (C=O) groups excluding carboxylic acids is 1. The maximum atomic E-state index is 12.2. The predicted molar refractivity (Wildman–Crippen MR) is 106 cm³/mol. The molecular weight excluding hydrogens is 340 g/mol. The molecule has 0 atom stereocenters. The summed E-state index contributed by atoms with van der Waals surface area (Å²) < 4.78 is 5.84. The first-order valence-electron chi connectivity index (χ1n) is 8.94. The minimum atomic E-state index is -0.356. The Morgan fingerprint density at radius 1 is 1.19 bits per heavy atom. The highest BCUT2D eigenvalue weighted by molar-refractivity contribution is 5.94. The summed E-state index contributed by atoms with van der Waals surface area (Å²) in [6.07, 6.45) is 3.65. The van der Waals surface area contributed by atoms with Crippen LogP contribution in [0.4, 0.5) is 0 Å². The van der Waals surface area contributed by atoms with E-state index in [0.29, 0.717) is 18.0 Å². The number of rotatable bonds is 8. The summed E-state index contributed by atoms with van der Waals surface area (Å²) in [5, 5.41) is 11.0. The topological polar surface area (TPSA) is 79.4 Å². The van der Waals surface area contributed by atoms with Gasteiger partial charge in [0, 0.05) is 5.56 Å². The largest absolute Gasteiger partial charge is 0.493 e. The highest BCUT2D eigenvalue weighted by Gasteiger charge is 2.13. The van der Waals surface area contributed by atoms with Gasteiger partial charge in [-0.05, 0) is 30.2 Å². The minimum Gasteiger partial charge on any atom is -0.493 e. The third-order valence-corrected chi connectivity index (χ3v) is 3.92. The van der Waals surface area contributed by atoms with Gasteiger partial charge < -0.3 is 4.74 Å². The van der Waals surface area contributed by atoms with Crippen LogP contribution in [0.1, 0.15) is 35.8 Å². The molecule has 0 unspecified atom stereocenters.